The van der Waals surface area contributed by atoms with Crippen LogP contribution in [0.3, 0.4) is 0 Å². The number of nitrogens with one attached hydrogen (secondary N) is 1. The molecule has 2 heterocycles. The summed E-state index contributed by atoms with van der Waals surface area (Å²) in [6, 6.07) is 13.2. The molecule has 2 aliphatic heterocycles. The maximum atomic E-state index is 11.1. The number of halogens is 2. The Bertz CT molecular complexity index is 892. The summed E-state index contributed by atoms with van der Waals surface area (Å²) in [6.07, 6.45) is -0.560. The van der Waals surface area contributed by atoms with Gasteiger partial charge in [-0.25, -0.2) is 0 Å². The lowest BCUT2D eigenvalue weighted by Crippen LogP contribution is -2.48. The fraction of sp³-hybridized carbons (Fsp3) is 0.435. The summed E-state index contributed by atoms with van der Waals surface area (Å²) in [6.45, 7) is 7.19. The van der Waals surface area contributed by atoms with Crippen molar-refractivity contribution in [3.8, 4) is 17.2 Å². The molecule has 1 atom stereocenters. The van der Waals surface area contributed by atoms with E-state index in [4.69, 9.17) is 14.2 Å². The zero-order valence-corrected chi connectivity index (χ0v) is 20.2. The number of benzene rings is 2. The Kier molecular flexibility index (Phi) is 10.5. The summed E-state index contributed by atoms with van der Waals surface area (Å²) in [5.74, 6) is 2.19. The first-order valence-corrected chi connectivity index (χ1v) is 10.6. The normalized spacial score (nSPS) is 16.3. The van der Waals surface area contributed by atoms with Crippen LogP contribution in [0, 0.1) is 0 Å². The smallest absolute Gasteiger partial charge is 0.231 e. The lowest BCUT2D eigenvalue weighted by molar-refractivity contribution is -0.114. The molecule has 0 aliphatic carbocycles. The van der Waals surface area contributed by atoms with Crippen LogP contribution in [0.2, 0.25) is 0 Å². The maximum Gasteiger partial charge on any atom is 0.231 e. The van der Waals surface area contributed by atoms with E-state index in [1.165, 1.54) is 12.5 Å². The van der Waals surface area contributed by atoms with Crippen LogP contribution in [0.5, 0.6) is 17.2 Å². The first-order valence-electron chi connectivity index (χ1n) is 10.6. The number of carbonyl (C=O) groups excluding carboxylic acids is 1. The predicted molar refractivity (Wildman–Crippen MR) is 131 cm³/mol. The second-order valence-corrected chi connectivity index (χ2v) is 7.93. The zero-order valence-electron chi connectivity index (χ0n) is 18.6. The van der Waals surface area contributed by atoms with Gasteiger partial charge < -0.3 is 24.6 Å². The third-order valence-corrected chi connectivity index (χ3v) is 5.39. The van der Waals surface area contributed by atoms with Crippen LogP contribution >= 0.6 is 24.8 Å². The molecule has 2 aromatic carbocycles. The number of anilines is 1. The van der Waals surface area contributed by atoms with Crippen LogP contribution in [0.25, 0.3) is 0 Å². The number of amides is 1. The number of fused-ring (bicyclic) bond motifs is 1. The molecule has 0 bridgehead atoms. The van der Waals surface area contributed by atoms with Gasteiger partial charge in [-0.1, -0.05) is 6.07 Å². The van der Waals surface area contributed by atoms with Crippen molar-refractivity contribution >= 4 is 36.4 Å². The number of ether oxygens (including phenoxy) is 3. The molecule has 8 nitrogen and oxygen atoms in total. The Morgan fingerprint density at radius 1 is 1.03 bits per heavy atom. The Morgan fingerprint density at radius 3 is 2.39 bits per heavy atom. The first kappa shape index (κ1) is 27.0. The number of piperazine rings is 1. The fourth-order valence-corrected chi connectivity index (χ4v) is 3.81. The second kappa shape index (κ2) is 12.9. The topological polar surface area (TPSA) is 83.5 Å². The monoisotopic (exact) mass is 499 g/mol. The summed E-state index contributed by atoms with van der Waals surface area (Å²) >= 11 is 0. The van der Waals surface area contributed by atoms with Crippen molar-refractivity contribution < 1.29 is 24.1 Å². The fourth-order valence-electron chi connectivity index (χ4n) is 3.81. The molecule has 0 radical (unpaired) electrons. The summed E-state index contributed by atoms with van der Waals surface area (Å²) in [5.41, 5.74) is 1.94. The van der Waals surface area contributed by atoms with E-state index in [1.54, 1.807) is 24.3 Å². The molecular formula is C23H31Cl2N3O5. The van der Waals surface area contributed by atoms with Gasteiger partial charge in [-0.15, -0.1) is 24.8 Å². The van der Waals surface area contributed by atoms with Crippen LogP contribution in [0.15, 0.2) is 42.5 Å². The minimum atomic E-state index is -0.560. The van der Waals surface area contributed by atoms with E-state index >= 15 is 0 Å². The lowest BCUT2D eigenvalue weighted by atomic mass is 10.1. The van der Waals surface area contributed by atoms with Crippen molar-refractivity contribution in [1.29, 1.82) is 0 Å². The number of hydrogen-bond donors (Lipinski definition) is 2. The van der Waals surface area contributed by atoms with Gasteiger partial charge >= 0.3 is 0 Å². The number of hydrogen-bond acceptors (Lipinski definition) is 7. The molecule has 2 N–H and O–H groups in total. The van der Waals surface area contributed by atoms with E-state index in [0.29, 0.717) is 19.1 Å². The minimum Gasteiger partial charge on any atom is -0.491 e. The van der Waals surface area contributed by atoms with E-state index < -0.39 is 6.10 Å². The SMILES string of the molecule is CC(=O)Nc1ccc(OCC(O)CN2CCN(Cc3ccc4c(c3)OCO4)CC2)cc1.Cl.Cl. The van der Waals surface area contributed by atoms with Gasteiger partial charge in [0.1, 0.15) is 18.5 Å². The molecule has 4 rings (SSSR count). The third kappa shape index (κ3) is 7.94. The summed E-state index contributed by atoms with van der Waals surface area (Å²) in [4.78, 5) is 15.7. The van der Waals surface area contributed by atoms with Gasteiger partial charge in [-0.3, -0.25) is 14.6 Å². The van der Waals surface area contributed by atoms with Gasteiger partial charge in [-0.05, 0) is 42.0 Å². The van der Waals surface area contributed by atoms with Gasteiger partial charge in [0.05, 0.1) is 0 Å². The number of β-amino-alcohol motifs (C(OH)–C–C–N with tert-alkyl or cyclic N) is 1. The van der Waals surface area contributed by atoms with Gasteiger partial charge in [0.15, 0.2) is 11.5 Å². The van der Waals surface area contributed by atoms with Crippen molar-refractivity contribution in [3.05, 3.63) is 48.0 Å². The largest absolute Gasteiger partial charge is 0.491 e. The van der Waals surface area contributed by atoms with Crippen LogP contribution in [0.1, 0.15) is 12.5 Å². The van der Waals surface area contributed by atoms with Crippen LogP contribution in [-0.2, 0) is 11.3 Å². The number of aliphatic hydroxyl groups is 1. The highest BCUT2D eigenvalue weighted by molar-refractivity contribution is 5.88. The van der Waals surface area contributed by atoms with E-state index in [9.17, 15) is 9.90 Å². The molecule has 1 saturated heterocycles. The first-order chi connectivity index (χ1) is 15.0. The molecular weight excluding hydrogens is 469 g/mol. The Balaban J connectivity index is 0.00000193. The highest BCUT2D eigenvalue weighted by Crippen LogP contribution is 2.32. The maximum absolute atomic E-state index is 11.1. The molecule has 0 spiro atoms. The lowest BCUT2D eigenvalue weighted by Gasteiger charge is -2.35. The average molecular weight is 500 g/mol. The van der Waals surface area contributed by atoms with Crippen molar-refractivity contribution in [2.75, 3.05) is 51.4 Å². The number of carbonyl (C=O) groups is 1. The molecule has 10 heteroatoms. The van der Waals surface area contributed by atoms with Crippen molar-refractivity contribution in [3.63, 3.8) is 0 Å². The van der Waals surface area contributed by atoms with Gasteiger partial charge in [0.2, 0.25) is 12.7 Å². The van der Waals surface area contributed by atoms with Crippen molar-refractivity contribution in [2.24, 2.45) is 0 Å². The summed E-state index contributed by atoms with van der Waals surface area (Å²) in [5, 5.41) is 13.1. The van der Waals surface area contributed by atoms with Gasteiger partial charge in [0, 0.05) is 51.9 Å². The predicted octanol–water partition coefficient (Wildman–Crippen LogP) is 2.77. The molecule has 0 saturated carbocycles. The molecule has 1 unspecified atom stereocenters. The zero-order chi connectivity index (χ0) is 21.6. The van der Waals surface area contributed by atoms with Crippen LogP contribution in [-0.4, -0.2) is 73.0 Å². The van der Waals surface area contributed by atoms with E-state index in [2.05, 4.69) is 27.2 Å². The highest BCUT2D eigenvalue weighted by Gasteiger charge is 2.21. The quantitative estimate of drug-likeness (QED) is 0.577. The number of aliphatic hydroxyl groups excluding tert-OH is 1. The van der Waals surface area contributed by atoms with E-state index in [1.807, 2.05) is 6.07 Å². The van der Waals surface area contributed by atoms with Crippen LogP contribution in [0.4, 0.5) is 5.69 Å². The van der Waals surface area contributed by atoms with Gasteiger partial charge in [0.25, 0.3) is 0 Å². The molecule has 182 valence electrons. The van der Waals surface area contributed by atoms with Gasteiger partial charge in [-0.2, -0.15) is 0 Å². The minimum absolute atomic E-state index is 0. The Morgan fingerprint density at radius 2 is 1.70 bits per heavy atom. The molecule has 2 aliphatic rings. The Labute approximate surface area is 206 Å². The van der Waals surface area contributed by atoms with Crippen molar-refractivity contribution in [2.45, 2.75) is 19.6 Å². The molecule has 1 fully saturated rings. The van der Waals surface area contributed by atoms with Crippen LogP contribution < -0.4 is 19.5 Å². The highest BCUT2D eigenvalue weighted by atomic mass is 35.5. The standard InChI is InChI=1S/C23H29N3O5.2ClH/c1-17(27)24-19-3-5-21(6-4-19)29-15-20(28)14-26-10-8-25(9-11-26)13-18-2-7-22-23(12-18)31-16-30-22;;/h2-7,12,20,28H,8-11,13-16H2,1H3,(H,24,27);2*1H. The third-order valence-electron chi connectivity index (χ3n) is 5.39. The van der Waals surface area contributed by atoms with E-state index in [-0.39, 0.29) is 37.3 Å². The average Bonchev–Trinajstić information content (AvgIpc) is 3.22. The molecule has 1 amide bonds. The molecule has 33 heavy (non-hydrogen) atoms. The second-order valence-electron chi connectivity index (χ2n) is 7.93. The molecule has 2 aromatic rings. The number of rotatable bonds is 8. The Hall–Kier alpha value is -2.23. The number of nitrogens with zero attached hydrogens (tertiary/aromatic N) is 2. The molecule has 0 aromatic heterocycles. The summed E-state index contributed by atoms with van der Waals surface area (Å²) < 4.78 is 16.5. The summed E-state index contributed by atoms with van der Waals surface area (Å²) in [7, 11) is 0. The van der Waals surface area contributed by atoms with Crippen molar-refractivity contribution in [1.82, 2.24) is 9.80 Å². The van der Waals surface area contributed by atoms with E-state index in [0.717, 1.165) is 49.9 Å².